The molecular formula is C23H29N5O2. The summed E-state index contributed by atoms with van der Waals surface area (Å²) in [5.41, 5.74) is 2.44. The molecule has 2 aromatic rings. The van der Waals surface area contributed by atoms with Crippen molar-refractivity contribution in [2.75, 3.05) is 50.7 Å². The molecule has 4 rings (SSSR count). The molecular weight excluding hydrogens is 378 g/mol. The summed E-state index contributed by atoms with van der Waals surface area (Å²) in [6.45, 7) is 8.29. The zero-order chi connectivity index (χ0) is 20.8. The van der Waals surface area contributed by atoms with Crippen LogP contribution in [0, 0.1) is 0 Å². The Labute approximate surface area is 177 Å². The second kappa shape index (κ2) is 9.52. The van der Waals surface area contributed by atoms with Gasteiger partial charge in [-0.3, -0.25) is 4.79 Å². The van der Waals surface area contributed by atoms with Crippen LogP contribution < -0.4 is 10.2 Å². The van der Waals surface area contributed by atoms with Gasteiger partial charge in [0, 0.05) is 51.5 Å². The van der Waals surface area contributed by atoms with Crippen LogP contribution in [0.1, 0.15) is 23.0 Å². The number of hydrogen-bond donors (Lipinski definition) is 1. The number of guanidine groups is 1. The van der Waals surface area contributed by atoms with Gasteiger partial charge in [0.15, 0.2) is 11.7 Å². The molecule has 1 N–H and O–H groups in total. The van der Waals surface area contributed by atoms with Gasteiger partial charge in [0.05, 0.1) is 12.8 Å². The molecule has 1 aromatic carbocycles. The van der Waals surface area contributed by atoms with E-state index in [0.29, 0.717) is 25.4 Å². The van der Waals surface area contributed by atoms with Gasteiger partial charge in [-0.2, -0.15) is 0 Å². The Morgan fingerprint density at radius 3 is 2.37 bits per heavy atom. The summed E-state index contributed by atoms with van der Waals surface area (Å²) in [5.74, 6) is 1.25. The van der Waals surface area contributed by atoms with Gasteiger partial charge in [-0.15, -0.1) is 0 Å². The standard InChI is InChI=1S/C23H29N5O2/c1-2-24-23(25-18-19-7-9-20(10-8-19)26-11-3-4-12-26)28-15-13-27(14-16-28)22(29)21-6-5-17-30-21/h3-10,17H,2,11-16,18H2,1H3,(H,24,25). The quantitative estimate of drug-likeness (QED) is 0.469. The van der Waals surface area contributed by atoms with Gasteiger partial charge in [-0.25, -0.2) is 4.99 Å². The molecule has 0 unspecified atom stereocenters. The number of carbonyl (C=O) groups is 1. The van der Waals surface area contributed by atoms with E-state index in [1.54, 1.807) is 12.1 Å². The van der Waals surface area contributed by atoms with E-state index in [9.17, 15) is 4.79 Å². The monoisotopic (exact) mass is 407 g/mol. The zero-order valence-corrected chi connectivity index (χ0v) is 17.5. The number of aliphatic imine (C=N–C) groups is 1. The van der Waals surface area contributed by atoms with E-state index in [0.717, 1.165) is 38.7 Å². The molecule has 1 saturated heterocycles. The fourth-order valence-corrected chi connectivity index (χ4v) is 3.77. The maximum atomic E-state index is 12.5. The number of nitrogens with zero attached hydrogens (tertiary/aromatic N) is 4. The van der Waals surface area contributed by atoms with E-state index in [-0.39, 0.29) is 5.91 Å². The topological polar surface area (TPSA) is 64.3 Å². The Bertz CT molecular complexity index is 873. The zero-order valence-electron chi connectivity index (χ0n) is 17.5. The Morgan fingerprint density at radius 2 is 1.73 bits per heavy atom. The number of amides is 1. The van der Waals surface area contributed by atoms with E-state index in [2.05, 4.69) is 58.5 Å². The van der Waals surface area contributed by atoms with Crippen molar-refractivity contribution in [1.29, 1.82) is 0 Å². The van der Waals surface area contributed by atoms with E-state index < -0.39 is 0 Å². The molecule has 7 nitrogen and oxygen atoms in total. The number of benzene rings is 1. The Hall–Kier alpha value is -3.22. The van der Waals surface area contributed by atoms with Gasteiger partial charge in [-0.05, 0) is 36.8 Å². The smallest absolute Gasteiger partial charge is 0.289 e. The van der Waals surface area contributed by atoms with Crippen LogP contribution in [0.25, 0.3) is 0 Å². The first kappa shape index (κ1) is 20.1. The third-order valence-corrected chi connectivity index (χ3v) is 5.46. The number of nitrogens with one attached hydrogen (secondary N) is 1. The lowest BCUT2D eigenvalue weighted by molar-refractivity contribution is 0.0657. The van der Waals surface area contributed by atoms with Crippen molar-refractivity contribution in [2.24, 2.45) is 4.99 Å². The summed E-state index contributed by atoms with van der Waals surface area (Å²) in [4.78, 5) is 23.7. The van der Waals surface area contributed by atoms with Crippen molar-refractivity contribution in [3.05, 3.63) is 66.1 Å². The van der Waals surface area contributed by atoms with Gasteiger partial charge in [-0.1, -0.05) is 24.3 Å². The predicted octanol–water partition coefficient (Wildman–Crippen LogP) is 2.58. The maximum absolute atomic E-state index is 12.5. The molecule has 30 heavy (non-hydrogen) atoms. The van der Waals surface area contributed by atoms with Crippen LogP contribution in [0.5, 0.6) is 0 Å². The number of piperazine rings is 1. The summed E-state index contributed by atoms with van der Waals surface area (Å²) in [6.07, 6.45) is 5.93. The highest BCUT2D eigenvalue weighted by molar-refractivity contribution is 5.91. The van der Waals surface area contributed by atoms with E-state index in [4.69, 9.17) is 9.41 Å². The fourth-order valence-electron chi connectivity index (χ4n) is 3.77. The minimum absolute atomic E-state index is 0.0464. The summed E-state index contributed by atoms with van der Waals surface area (Å²) in [5, 5.41) is 3.39. The van der Waals surface area contributed by atoms with Gasteiger partial charge >= 0.3 is 0 Å². The minimum Gasteiger partial charge on any atom is -0.459 e. The molecule has 0 bridgehead atoms. The molecule has 2 aliphatic heterocycles. The largest absolute Gasteiger partial charge is 0.459 e. The minimum atomic E-state index is -0.0464. The van der Waals surface area contributed by atoms with Crippen molar-refractivity contribution < 1.29 is 9.21 Å². The van der Waals surface area contributed by atoms with Crippen molar-refractivity contribution in [3.63, 3.8) is 0 Å². The van der Waals surface area contributed by atoms with Crippen molar-refractivity contribution in [1.82, 2.24) is 15.1 Å². The summed E-state index contributed by atoms with van der Waals surface area (Å²) in [7, 11) is 0. The Balaban J connectivity index is 1.34. The average molecular weight is 408 g/mol. The highest BCUT2D eigenvalue weighted by atomic mass is 16.3. The molecule has 3 heterocycles. The Kier molecular flexibility index (Phi) is 6.37. The lowest BCUT2D eigenvalue weighted by atomic mass is 10.2. The van der Waals surface area contributed by atoms with E-state index >= 15 is 0 Å². The average Bonchev–Trinajstić information content (AvgIpc) is 3.51. The second-order valence-electron chi connectivity index (χ2n) is 7.47. The molecule has 1 fully saturated rings. The lowest BCUT2D eigenvalue weighted by Gasteiger charge is -2.36. The summed E-state index contributed by atoms with van der Waals surface area (Å²) < 4.78 is 5.24. The first-order chi connectivity index (χ1) is 14.7. The Morgan fingerprint density at radius 1 is 1.03 bits per heavy atom. The molecule has 0 atom stereocenters. The molecule has 0 saturated carbocycles. The van der Waals surface area contributed by atoms with Crippen LogP contribution in [0.15, 0.2) is 64.2 Å². The molecule has 0 radical (unpaired) electrons. The van der Waals surface area contributed by atoms with Crippen LogP contribution in [0.2, 0.25) is 0 Å². The molecule has 2 aliphatic rings. The van der Waals surface area contributed by atoms with Gasteiger partial charge in [0.1, 0.15) is 0 Å². The molecule has 0 spiro atoms. The number of carbonyl (C=O) groups excluding carboxylic acids is 1. The number of rotatable bonds is 5. The molecule has 1 amide bonds. The summed E-state index contributed by atoms with van der Waals surface area (Å²) in [6, 6.07) is 12.1. The highest BCUT2D eigenvalue weighted by Gasteiger charge is 2.25. The van der Waals surface area contributed by atoms with Crippen molar-refractivity contribution in [3.8, 4) is 0 Å². The first-order valence-corrected chi connectivity index (χ1v) is 10.6. The number of anilines is 1. The van der Waals surface area contributed by atoms with Gasteiger partial charge in [0.25, 0.3) is 5.91 Å². The van der Waals surface area contributed by atoms with Crippen molar-refractivity contribution >= 4 is 17.6 Å². The molecule has 1 aromatic heterocycles. The van der Waals surface area contributed by atoms with Crippen LogP contribution in [-0.4, -0.2) is 67.5 Å². The molecule has 158 valence electrons. The maximum Gasteiger partial charge on any atom is 0.289 e. The molecule has 0 aliphatic carbocycles. The SMILES string of the molecule is CCNC(=NCc1ccc(N2CC=CC2)cc1)N1CCN(C(=O)c2ccco2)CC1. The van der Waals surface area contributed by atoms with E-state index in [1.807, 2.05) is 4.90 Å². The first-order valence-electron chi connectivity index (χ1n) is 10.6. The number of hydrogen-bond acceptors (Lipinski definition) is 4. The highest BCUT2D eigenvalue weighted by Crippen LogP contribution is 2.18. The van der Waals surface area contributed by atoms with Gasteiger partial charge in [0.2, 0.25) is 0 Å². The predicted molar refractivity (Wildman–Crippen MR) is 119 cm³/mol. The van der Waals surface area contributed by atoms with Crippen LogP contribution in [0.3, 0.4) is 0 Å². The molecule has 7 heteroatoms. The number of furan rings is 1. The third kappa shape index (κ3) is 4.67. The van der Waals surface area contributed by atoms with Crippen molar-refractivity contribution in [2.45, 2.75) is 13.5 Å². The van der Waals surface area contributed by atoms with Crippen LogP contribution >= 0.6 is 0 Å². The van der Waals surface area contributed by atoms with Crippen LogP contribution in [-0.2, 0) is 6.54 Å². The second-order valence-corrected chi connectivity index (χ2v) is 7.47. The normalized spacial score (nSPS) is 17.0. The summed E-state index contributed by atoms with van der Waals surface area (Å²) >= 11 is 0. The lowest BCUT2D eigenvalue weighted by Crippen LogP contribution is -2.53. The fraction of sp³-hybridized carbons (Fsp3) is 0.391. The van der Waals surface area contributed by atoms with Gasteiger partial charge < -0.3 is 24.4 Å². The third-order valence-electron chi connectivity index (χ3n) is 5.46. The van der Waals surface area contributed by atoms with E-state index in [1.165, 1.54) is 17.5 Å². The van der Waals surface area contributed by atoms with Crippen LogP contribution in [0.4, 0.5) is 5.69 Å².